The molecule has 36 heavy (non-hydrogen) atoms. The molecule has 1 aliphatic heterocycles. The third kappa shape index (κ3) is 4.03. The van der Waals surface area contributed by atoms with Gasteiger partial charge in [-0.3, -0.25) is 0 Å². The van der Waals surface area contributed by atoms with Crippen molar-refractivity contribution in [1.29, 1.82) is 0 Å². The number of aromatic amines is 2. The smallest absolute Gasteiger partial charge is 0.123 e. The predicted octanol–water partition coefficient (Wildman–Crippen LogP) is 7.37. The van der Waals surface area contributed by atoms with Crippen LogP contribution in [-0.2, 0) is 0 Å². The second-order valence-corrected chi connectivity index (χ2v) is 10.3. The van der Waals surface area contributed by atoms with Crippen molar-refractivity contribution >= 4 is 11.0 Å². The topological polar surface area (TPSA) is 69.4 Å². The molecular formula is C31H31N5. The van der Waals surface area contributed by atoms with Gasteiger partial charge in [0.2, 0.25) is 0 Å². The van der Waals surface area contributed by atoms with Gasteiger partial charge in [0.05, 0.1) is 29.0 Å². The number of rotatable bonds is 5. The lowest BCUT2D eigenvalue weighted by Gasteiger charge is -2.07. The summed E-state index contributed by atoms with van der Waals surface area (Å²) in [6.45, 7) is 1.08. The summed E-state index contributed by atoms with van der Waals surface area (Å²) in [6.07, 6.45) is 9.49. The summed E-state index contributed by atoms with van der Waals surface area (Å²) >= 11 is 0. The lowest BCUT2D eigenvalue weighted by molar-refractivity contribution is 0.613. The first kappa shape index (κ1) is 21.6. The van der Waals surface area contributed by atoms with Crippen molar-refractivity contribution in [3.05, 3.63) is 84.6 Å². The first-order chi connectivity index (χ1) is 17.8. The minimum atomic E-state index is 0.361. The van der Waals surface area contributed by atoms with Gasteiger partial charge in [0.25, 0.3) is 0 Å². The van der Waals surface area contributed by atoms with E-state index in [2.05, 4.69) is 87.0 Å². The molecule has 2 fully saturated rings. The molecule has 3 heterocycles. The van der Waals surface area contributed by atoms with Crippen LogP contribution in [0.25, 0.3) is 44.5 Å². The largest absolute Gasteiger partial charge is 0.342 e. The lowest BCUT2D eigenvalue weighted by atomic mass is 9.99. The van der Waals surface area contributed by atoms with E-state index in [1.54, 1.807) is 0 Å². The zero-order valence-electron chi connectivity index (χ0n) is 20.4. The van der Waals surface area contributed by atoms with Gasteiger partial charge in [-0.25, -0.2) is 9.97 Å². The number of aromatic nitrogens is 4. The van der Waals surface area contributed by atoms with Crippen LogP contribution in [-0.4, -0.2) is 26.5 Å². The van der Waals surface area contributed by atoms with Crippen molar-refractivity contribution in [3.63, 3.8) is 0 Å². The van der Waals surface area contributed by atoms with Crippen LogP contribution in [0.4, 0.5) is 0 Å². The molecule has 0 radical (unpaired) electrons. The molecule has 180 valence electrons. The Balaban J connectivity index is 1.09. The van der Waals surface area contributed by atoms with Gasteiger partial charge in [-0.1, -0.05) is 67.4 Å². The van der Waals surface area contributed by atoms with Crippen LogP contribution in [0, 0.1) is 0 Å². The molecule has 1 saturated carbocycles. The first-order valence-corrected chi connectivity index (χ1v) is 13.3. The Morgan fingerprint density at radius 2 is 1.31 bits per heavy atom. The highest BCUT2D eigenvalue weighted by Gasteiger charge is 2.21. The Morgan fingerprint density at radius 1 is 0.639 bits per heavy atom. The lowest BCUT2D eigenvalue weighted by Crippen LogP contribution is -2.14. The van der Waals surface area contributed by atoms with Crippen LogP contribution in [0.1, 0.15) is 62.1 Å². The summed E-state index contributed by atoms with van der Waals surface area (Å²) in [7, 11) is 0. The van der Waals surface area contributed by atoms with Crippen LogP contribution in [0.15, 0.2) is 72.9 Å². The van der Waals surface area contributed by atoms with E-state index in [0.29, 0.717) is 12.0 Å². The molecule has 1 atom stereocenters. The fourth-order valence-electron chi connectivity index (χ4n) is 5.88. The Morgan fingerprint density at radius 3 is 2.00 bits per heavy atom. The normalized spacial score (nSPS) is 18.4. The summed E-state index contributed by atoms with van der Waals surface area (Å²) in [5, 5.41) is 3.51. The maximum Gasteiger partial charge on any atom is 0.123 e. The van der Waals surface area contributed by atoms with Crippen LogP contribution in [0.2, 0.25) is 0 Å². The quantitative estimate of drug-likeness (QED) is 0.250. The third-order valence-corrected chi connectivity index (χ3v) is 7.98. The third-order valence-electron chi connectivity index (χ3n) is 7.98. The molecule has 5 heteroatoms. The predicted molar refractivity (Wildman–Crippen MR) is 146 cm³/mol. The highest BCUT2D eigenvalue weighted by molar-refractivity contribution is 5.82. The molecule has 0 bridgehead atoms. The molecule has 5 nitrogen and oxygen atoms in total. The van der Waals surface area contributed by atoms with Gasteiger partial charge >= 0.3 is 0 Å². The van der Waals surface area contributed by atoms with E-state index in [4.69, 9.17) is 4.98 Å². The van der Waals surface area contributed by atoms with E-state index < -0.39 is 0 Å². The number of nitrogens with one attached hydrogen (secondary N) is 3. The fraction of sp³-hybridized carbons (Fsp3) is 0.290. The molecule has 5 aromatic rings. The highest BCUT2D eigenvalue weighted by Crippen LogP contribution is 2.34. The summed E-state index contributed by atoms with van der Waals surface area (Å²) in [5.74, 6) is 2.82. The molecule has 2 aromatic heterocycles. The summed E-state index contributed by atoms with van der Waals surface area (Å²) < 4.78 is 0. The van der Waals surface area contributed by atoms with Gasteiger partial charge in [-0.15, -0.1) is 0 Å². The maximum absolute atomic E-state index is 4.87. The molecule has 3 N–H and O–H groups in total. The standard InChI is InChI=1S/C31H31N5/c1-2-5-24(4-1)30-34-26-16-15-25(18-28(26)35-30)22-9-7-20(8-10-22)21-11-13-23(14-12-21)29-19-33-31(36-29)27-6-3-17-32-27/h7-16,18-19,24,27,32H,1-6,17H2,(H,33,36)(H,34,35)/t27-/m0/s1. The van der Waals surface area contributed by atoms with E-state index in [-0.39, 0.29) is 0 Å². The summed E-state index contributed by atoms with van der Waals surface area (Å²) in [6, 6.07) is 24.5. The van der Waals surface area contributed by atoms with E-state index >= 15 is 0 Å². The molecule has 1 saturated heterocycles. The molecular weight excluding hydrogens is 442 g/mol. The number of imidazole rings is 2. The number of H-pyrrole nitrogens is 2. The second-order valence-electron chi connectivity index (χ2n) is 10.3. The monoisotopic (exact) mass is 473 g/mol. The Labute approximate surface area is 211 Å². The van der Waals surface area contributed by atoms with Crippen LogP contribution < -0.4 is 5.32 Å². The number of nitrogens with zero attached hydrogens (tertiary/aromatic N) is 2. The first-order valence-electron chi connectivity index (χ1n) is 13.3. The number of hydrogen-bond acceptors (Lipinski definition) is 3. The van der Waals surface area contributed by atoms with Crippen molar-refractivity contribution in [1.82, 2.24) is 25.3 Å². The fourth-order valence-corrected chi connectivity index (χ4v) is 5.88. The zero-order valence-corrected chi connectivity index (χ0v) is 20.4. The van der Waals surface area contributed by atoms with Crippen molar-refractivity contribution in [2.24, 2.45) is 0 Å². The van der Waals surface area contributed by atoms with Gasteiger partial charge in [-0.05, 0) is 72.2 Å². The van der Waals surface area contributed by atoms with Gasteiger partial charge in [0.15, 0.2) is 0 Å². The number of fused-ring (bicyclic) bond motifs is 1. The van der Waals surface area contributed by atoms with Crippen molar-refractivity contribution in [3.8, 4) is 33.5 Å². The Kier molecular flexibility index (Phi) is 5.43. The van der Waals surface area contributed by atoms with Gasteiger partial charge < -0.3 is 15.3 Å². The van der Waals surface area contributed by atoms with Crippen LogP contribution in [0.3, 0.4) is 0 Å². The van der Waals surface area contributed by atoms with Gasteiger partial charge in [0.1, 0.15) is 11.6 Å². The zero-order chi connectivity index (χ0) is 23.9. The Hall–Kier alpha value is -3.70. The molecule has 0 spiro atoms. The van der Waals surface area contributed by atoms with Gasteiger partial charge in [-0.2, -0.15) is 0 Å². The molecule has 0 unspecified atom stereocenters. The van der Waals surface area contributed by atoms with Crippen molar-refractivity contribution in [2.45, 2.75) is 50.5 Å². The highest BCUT2D eigenvalue weighted by atomic mass is 15.0. The van der Waals surface area contributed by atoms with Crippen LogP contribution in [0.5, 0.6) is 0 Å². The molecule has 7 rings (SSSR count). The van der Waals surface area contributed by atoms with E-state index in [1.807, 2.05) is 6.20 Å². The molecule has 3 aromatic carbocycles. The van der Waals surface area contributed by atoms with Crippen molar-refractivity contribution < 1.29 is 0 Å². The average molecular weight is 474 g/mol. The minimum Gasteiger partial charge on any atom is -0.342 e. The van der Waals surface area contributed by atoms with Crippen LogP contribution >= 0.6 is 0 Å². The summed E-state index contributed by atoms with van der Waals surface area (Å²) in [5.41, 5.74) is 9.33. The Bertz CT molecular complexity index is 1480. The molecule has 0 amide bonds. The number of benzene rings is 3. The van der Waals surface area contributed by atoms with E-state index in [9.17, 15) is 0 Å². The second kappa shape index (κ2) is 9.07. The van der Waals surface area contributed by atoms with Gasteiger partial charge in [0, 0.05) is 5.92 Å². The minimum absolute atomic E-state index is 0.361. The SMILES string of the molecule is c1cc(-c2ccc3nc(C4CCCC4)[nH]c3c2)ccc1-c1ccc(-c2cnc([C@@H]3CCCN3)[nH]2)cc1. The molecule has 1 aliphatic carbocycles. The van der Waals surface area contributed by atoms with Crippen molar-refractivity contribution in [2.75, 3.05) is 6.54 Å². The summed E-state index contributed by atoms with van der Waals surface area (Å²) in [4.78, 5) is 16.6. The number of hydrogen-bond donors (Lipinski definition) is 3. The van der Waals surface area contributed by atoms with E-state index in [0.717, 1.165) is 41.1 Å². The average Bonchev–Trinajstić information content (AvgIpc) is 3.75. The maximum atomic E-state index is 4.87. The molecule has 2 aliphatic rings. The van der Waals surface area contributed by atoms with E-state index in [1.165, 1.54) is 60.2 Å².